The number of carbonyl (C=O) groups is 2. The molecule has 61 heavy (non-hydrogen) atoms. The monoisotopic (exact) mass is 849 g/mol. The van der Waals surface area contributed by atoms with Gasteiger partial charge in [-0.25, -0.2) is 4.39 Å². The molecular formula is C45H55F4N7O5. The smallest absolute Gasteiger partial charge is 0.406 e. The Morgan fingerprint density at radius 1 is 1.07 bits per heavy atom. The van der Waals surface area contributed by atoms with E-state index in [1.807, 2.05) is 62.9 Å². The number of nitrogens with zero attached hydrogens (tertiary/aromatic N) is 3. The number of amides is 2. The number of halogens is 4. The van der Waals surface area contributed by atoms with Gasteiger partial charge in [-0.15, -0.1) is 0 Å². The molecule has 0 radical (unpaired) electrons. The van der Waals surface area contributed by atoms with Gasteiger partial charge in [-0.05, 0) is 86.7 Å². The van der Waals surface area contributed by atoms with Crippen molar-refractivity contribution in [3.8, 4) is 23.3 Å². The third-order valence-electron chi connectivity index (χ3n) is 11.1. The van der Waals surface area contributed by atoms with Gasteiger partial charge in [0, 0.05) is 48.5 Å². The molecule has 2 amide bonds. The highest BCUT2D eigenvalue weighted by molar-refractivity contribution is 5.96. The fraction of sp³-hybridized carbons (Fsp3) is 0.467. The minimum Gasteiger partial charge on any atom is -0.495 e. The van der Waals surface area contributed by atoms with E-state index in [0.29, 0.717) is 58.7 Å². The number of ether oxygens (including phenoxy) is 2. The van der Waals surface area contributed by atoms with Crippen LogP contribution in [-0.4, -0.2) is 117 Å². The lowest BCUT2D eigenvalue weighted by molar-refractivity contribution is -0.140. The predicted octanol–water partition coefficient (Wildman–Crippen LogP) is 5.82. The van der Waals surface area contributed by atoms with Crippen LogP contribution in [-0.2, 0) is 17.8 Å². The van der Waals surface area contributed by atoms with Crippen LogP contribution in [0.25, 0.3) is 10.9 Å². The van der Waals surface area contributed by atoms with E-state index in [1.54, 1.807) is 42.5 Å². The maximum absolute atomic E-state index is 14.9. The third-order valence-corrected chi connectivity index (χ3v) is 11.1. The van der Waals surface area contributed by atoms with E-state index in [-0.39, 0.29) is 49.7 Å². The Balaban J connectivity index is 1.12. The molecule has 1 aromatic heterocycles. The number of aliphatic hydroxyl groups excluding tert-OH is 1. The summed E-state index contributed by atoms with van der Waals surface area (Å²) in [6.45, 7) is 5.46. The number of likely N-dealkylation sites (N-methyl/N-ethyl adjacent to an activating group) is 1. The summed E-state index contributed by atoms with van der Waals surface area (Å²) >= 11 is 0. The van der Waals surface area contributed by atoms with Gasteiger partial charge in [0.15, 0.2) is 0 Å². The number of anilines is 3. The Hall–Kier alpha value is -5.66. The molecule has 5 atom stereocenters. The number of hydrogen-bond acceptors (Lipinski definition) is 9. The number of aliphatic hydroxyl groups is 1. The van der Waals surface area contributed by atoms with E-state index in [4.69, 9.17) is 9.47 Å². The summed E-state index contributed by atoms with van der Waals surface area (Å²) in [4.78, 5) is 30.3. The molecule has 1 fully saturated rings. The molecule has 2 aliphatic heterocycles. The van der Waals surface area contributed by atoms with Crippen molar-refractivity contribution in [2.75, 3.05) is 69.6 Å². The largest absolute Gasteiger partial charge is 0.495 e. The molecule has 5 N–H and O–H groups in total. The Bertz CT molecular complexity index is 2250. The minimum absolute atomic E-state index is 0.00217. The number of likely N-dealkylation sites (tertiary alicyclic amines) is 1. The number of carbonyl (C=O) groups excluding carboxylic acids is 2. The second kappa shape index (κ2) is 19.4. The minimum atomic E-state index is -4.51. The van der Waals surface area contributed by atoms with Crippen LogP contribution in [0.2, 0.25) is 0 Å². The van der Waals surface area contributed by atoms with E-state index < -0.39 is 43.1 Å². The van der Waals surface area contributed by atoms with Gasteiger partial charge in [0.2, 0.25) is 5.91 Å². The molecule has 0 bridgehead atoms. The second-order valence-electron chi connectivity index (χ2n) is 16.2. The van der Waals surface area contributed by atoms with Crippen LogP contribution < -0.4 is 35.6 Å². The van der Waals surface area contributed by atoms with Gasteiger partial charge in [0.25, 0.3) is 5.91 Å². The zero-order chi connectivity index (χ0) is 44.0. The molecule has 0 saturated carbocycles. The average molecular weight is 850 g/mol. The Morgan fingerprint density at radius 2 is 1.85 bits per heavy atom. The van der Waals surface area contributed by atoms with Crippen molar-refractivity contribution in [2.45, 2.75) is 76.7 Å². The number of hydrogen-bond donors (Lipinski definition) is 5. The number of aromatic nitrogens is 1. The van der Waals surface area contributed by atoms with Crippen LogP contribution in [0.1, 0.15) is 48.8 Å². The highest BCUT2D eigenvalue weighted by atomic mass is 19.4. The van der Waals surface area contributed by atoms with Crippen LogP contribution in [0.4, 0.5) is 34.6 Å². The van der Waals surface area contributed by atoms with Crippen molar-refractivity contribution < 1.29 is 41.7 Å². The summed E-state index contributed by atoms with van der Waals surface area (Å²) in [5.41, 5.74) is 3.60. The zero-order valence-corrected chi connectivity index (χ0v) is 35.3. The number of piperidine rings is 1. The molecule has 4 aromatic rings. The van der Waals surface area contributed by atoms with E-state index in [2.05, 4.69) is 33.1 Å². The first-order chi connectivity index (χ1) is 29.0. The third kappa shape index (κ3) is 11.0. The number of alkyl halides is 4. The maximum Gasteiger partial charge on any atom is 0.406 e. The summed E-state index contributed by atoms with van der Waals surface area (Å²) in [7, 11) is 5.20. The van der Waals surface area contributed by atoms with Gasteiger partial charge in [0.1, 0.15) is 36.9 Å². The maximum atomic E-state index is 14.9. The van der Waals surface area contributed by atoms with Gasteiger partial charge >= 0.3 is 6.18 Å². The first-order valence-corrected chi connectivity index (χ1v) is 20.4. The molecule has 0 aliphatic carbocycles. The Labute approximate surface area is 353 Å². The molecule has 0 unspecified atom stereocenters. The molecule has 3 heterocycles. The Kier molecular flexibility index (Phi) is 14.3. The summed E-state index contributed by atoms with van der Waals surface area (Å²) < 4.78 is 69.1. The normalized spacial score (nSPS) is 20.1. The van der Waals surface area contributed by atoms with Crippen molar-refractivity contribution in [2.24, 2.45) is 5.92 Å². The van der Waals surface area contributed by atoms with E-state index in [0.717, 1.165) is 15.8 Å². The van der Waals surface area contributed by atoms with Gasteiger partial charge in [-0.2, -0.15) is 13.2 Å². The van der Waals surface area contributed by atoms with Crippen molar-refractivity contribution in [1.29, 1.82) is 0 Å². The highest BCUT2D eigenvalue weighted by Crippen LogP contribution is 2.33. The number of nitrogens with one attached hydrogen (secondary N) is 4. The van der Waals surface area contributed by atoms with Gasteiger partial charge in [-0.1, -0.05) is 31.9 Å². The quantitative estimate of drug-likeness (QED) is 0.0835. The van der Waals surface area contributed by atoms with Crippen LogP contribution in [0.5, 0.6) is 11.5 Å². The summed E-state index contributed by atoms with van der Waals surface area (Å²) in [5.74, 6) is 6.28. The van der Waals surface area contributed by atoms with Crippen LogP contribution in [0.3, 0.4) is 0 Å². The molecule has 12 nitrogen and oxygen atoms in total. The summed E-state index contributed by atoms with van der Waals surface area (Å²) in [6.07, 6.45) is -4.63. The standard InChI is InChI=1S/C45H55F4N7O5/c1-27(2)42-44(59)52-31(24-57)19-29-12-14-33(22-40(29)55(42)5)61-25-28(3)51-43(58)30-13-15-41(60-6)38(20-30)50-17-8-9-32-21-34-36(53-37-16-18-54(4)23-35(37)46)10-7-11-39(34)56(32)26-45(47,48)49/h7,10-15,20-22,27-28,31,35,37,42,50,53,57H,16-19,23-26H2,1-6H3,(H,51,58)(H,52,59)/t28-,31+,35+,37-,42+/m1/s1. The molecule has 0 spiro atoms. The van der Waals surface area contributed by atoms with Gasteiger partial charge < -0.3 is 50.2 Å². The van der Waals surface area contributed by atoms with Crippen LogP contribution >= 0.6 is 0 Å². The first-order valence-electron chi connectivity index (χ1n) is 20.4. The predicted molar refractivity (Wildman–Crippen MR) is 229 cm³/mol. The molecular weight excluding hydrogens is 795 g/mol. The Morgan fingerprint density at radius 3 is 2.56 bits per heavy atom. The number of benzene rings is 3. The van der Waals surface area contributed by atoms with E-state index in [9.17, 15) is 32.3 Å². The molecule has 16 heteroatoms. The molecule has 3 aromatic carbocycles. The van der Waals surface area contributed by atoms with Crippen molar-refractivity contribution in [3.63, 3.8) is 0 Å². The lowest BCUT2D eigenvalue weighted by Crippen LogP contribution is -2.54. The molecule has 328 valence electrons. The van der Waals surface area contributed by atoms with Crippen molar-refractivity contribution >= 4 is 39.8 Å². The van der Waals surface area contributed by atoms with Crippen molar-refractivity contribution in [1.82, 2.24) is 20.1 Å². The first kappa shape index (κ1) is 44.9. The number of fused-ring (bicyclic) bond motifs is 2. The number of rotatable bonds is 13. The molecule has 1 saturated heterocycles. The number of methoxy groups -OCH3 is 1. The summed E-state index contributed by atoms with van der Waals surface area (Å²) in [6, 6.07) is 15.3. The van der Waals surface area contributed by atoms with E-state index in [1.165, 1.54) is 7.11 Å². The second-order valence-corrected chi connectivity index (χ2v) is 16.2. The van der Waals surface area contributed by atoms with Crippen molar-refractivity contribution in [3.05, 3.63) is 77.5 Å². The zero-order valence-electron chi connectivity index (χ0n) is 35.3. The van der Waals surface area contributed by atoms with Gasteiger partial charge in [-0.3, -0.25) is 9.59 Å². The highest BCUT2D eigenvalue weighted by Gasteiger charge is 2.33. The SMILES string of the molecule is COc1ccc(C(=O)N[C@H](C)COc2ccc3c(c2)N(C)[C@@H](C(C)C)C(=O)N[C@H](CO)C3)cc1NCC#Cc1cc2c(N[C@@H]3CCN(C)C[C@@H]3F)cccc2n1CC(F)(F)F. The van der Waals surface area contributed by atoms with Crippen LogP contribution in [0, 0.1) is 17.8 Å². The lowest BCUT2D eigenvalue weighted by Gasteiger charge is -2.37. The van der Waals surface area contributed by atoms with E-state index >= 15 is 0 Å². The van der Waals surface area contributed by atoms with Crippen LogP contribution in [0.15, 0.2) is 60.7 Å². The summed E-state index contributed by atoms with van der Waals surface area (Å²) in [5, 5.41) is 22.7. The fourth-order valence-corrected chi connectivity index (χ4v) is 8.04. The average Bonchev–Trinajstić information content (AvgIpc) is 3.55. The molecule has 2 aliphatic rings. The topological polar surface area (TPSA) is 132 Å². The molecule has 6 rings (SSSR count). The van der Waals surface area contributed by atoms with Gasteiger partial charge in [0.05, 0.1) is 55.3 Å². The lowest BCUT2D eigenvalue weighted by atomic mass is 9.95. The fourth-order valence-electron chi connectivity index (χ4n) is 8.04.